The van der Waals surface area contributed by atoms with Crippen LogP contribution in [0.3, 0.4) is 0 Å². The van der Waals surface area contributed by atoms with Crippen LogP contribution in [0, 0.1) is 0 Å². The quantitative estimate of drug-likeness (QED) is 0.743. The average molecular weight is 283 g/mol. The second-order valence-corrected chi connectivity index (χ2v) is 5.08. The Bertz CT molecular complexity index is 668. The van der Waals surface area contributed by atoms with Crippen molar-refractivity contribution in [2.75, 3.05) is 18.1 Å². The van der Waals surface area contributed by atoms with E-state index in [1.807, 2.05) is 12.1 Å². The molecule has 2 aromatic rings. The van der Waals surface area contributed by atoms with E-state index < -0.39 is 0 Å². The maximum atomic E-state index is 11.4. The Kier molecular flexibility index (Phi) is 3.43. The maximum absolute atomic E-state index is 11.4. The van der Waals surface area contributed by atoms with Crippen molar-refractivity contribution in [2.45, 2.75) is 18.9 Å². The van der Waals surface area contributed by atoms with Crippen LogP contribution < -0.4 is 16.4 Å². The van der Waals surface area contributed by atoms with Crippen LogP contribution in [-0.4, -0.2) is 23.2 Å². The van der Waals surface area contributed by atoms with E-state index in [0.717, 1.165) is 18.5 Å². The zero-order valence-electron chi connectivity index (χ0n) is 11.8. The van der Waals surface area contributed by atoms with Gasteiger partial charge in [-0.3, -0.25) is 4.79 Å². The van der Waals surface area contributed by atoms with Crippen molar-refractivity contribution < 1.29 is 4.79 Å². The predicted octanol–water partition coefficient (Wildman–Crippen LogP) is 1.52. The molecule has 1 atom stereocenters. The number of aromatic nitrogens is 2. The molecule has 1 heterocycles. The van der Waals surface area contributed by atoms with Crippen LogP contribution in [0.5, 0.6) is 0 Å². The molecule has 3 rings (SSSR count). The Balaban J connectivity index is 1.75. The van der Waals surface area contributed by atoms with Gasteiger partial charge in [0.15, 0.2) is 5.69 Å². The van der Waals surface area contributed by atoms with E-state index in [0.29, 0.717) is 11.5 Å². The van der Waals surface area contributed by atoms with Crippen molar-refractivity contribution in [1.29, 1.82) is 0 Å². The van der Waals surface area contributed by atoms with Crippen LogP contribution in [0.15, 0.2) is 30.3 Å². The summed E-state index contributed by atoms with van der Waals surface area (Å²) in [5, 5.41) is 13.8. The van der Waals surface area contributed by atoms with Gasteiger partial charge in [0.1, 0.15) is 5.82 Å². The molecule has 1 aromatic heterocycles. The van der Waals surface area contributed by atoms with E-state index in [9.17, 15) is 4.79 Å². The summed E-state index contributed by atoms with van der Waals surface area (Å²) in [7, 11) is 1.57. The predicted molar refractivity (Wildman–Crippen MR) is 81.0 cm³/mol. The summed E-state index contributed by atoms with van der Waals surface area (Å²) >= 11 is 0. The number of carbonyl (C=O) groups excluding carboxylic acids is 1. The Morgan fingerprint density at radius 1 is 1.29 bits per heavy atom. The number of nitrogen functional groups attached to an aromatic ring is 1. The van der Waals surface area contributed by atoms with Crippen LogP contribution in [0.2, 0.25) is 0 Å². The van der Waals surface area contributed by atoms with Crippen LogP contribution >= 0.6 is 0 Å². The van der Waals surface area contributed by atoms with Crippen LogP contribution in [0.4, 0.5) is 11.5 Å². The van der Waals surface area contributed by atoms with Gasteiger partial charge in [0, 0.05) is 12.7 Å². The van der Waals surface area contributed by atoms with E-state index in [4.69, 9.17) is 5.73 Å². The Morgan fingerprint density at radius 2 is 2.14 bits per heavy atom. The van der Waals surface area contributed by atoms with E-state index in [1.54, 1.807) is 19.2 Å². The van der Waals surface area contributed by atoms with Crippen molar-refractivity contribution in [3.8, 4) is 0 Å². The zero-order valence-corrected chi connectivity index (χ0v) is 11.8. The summed E-state index contributed by atoms with van der Waals surface area (Å²) in [6.45, 7) is 0. The first-order valence-corrected chi connectivity index (χ1v) is 6.88. The van der Waals surface area contributed by atoms with Crippen molar-refractivity contribution in [3.05, 3.63) is 47.2 Å². The fourth-order valence-corrected chi connectivity index (χ4v) is 2.62. The molecule has 1 aromatic carbocycles. The van der Waals surface area contributed by atoms with Crippen molar-refractivity contribution >= 4 is 17.4 Å². The molecule has 1 aliphatic carbocycles. The molecule has 6 heteroatoms. The van der Waals surface area contributed by atoms with Crippen LogP contribution in [0.25, 0.3) is 0 Å². The van der Waals surface area contributed by atoms with Gasteiger partial charge in [0.25, 0.3) is 5.91 Å². The lowest BCUT2D eigenvalue weighted by atomic mass is 10.1. The van der Waals surface area contributed by atoms with Gasteiger partial charge < -0.3 is 16.4 Å². The molecule has 0 fully saturated rings. The van der Waals surface area contributed by atoms with Gasteiger partial charge in [-0.15, -0.1) is 10.2 Å². The molecule has 4 N–H and O–H groups in total. The fraction of sp³-hybridized carbons (Fsp3) is 0.267. The molecule has 0 radical (unpaired) electrons. The highest BCUT2D eigenvalue weighted by Gasteiger charge is 2.22. The minimum Gasteiger partial charge on any atom is -0.399 e. The van der Waals surface area contributed by atoms with Gasteiger partial charge in [-0.05, 0) is 48.2 Å². The summed E-state index contributed by atoms with van der Waals surface area (Å²) in [6, 6.07) is 9.64. The summed E-state index contributed by atoms with van der Waals surface area (Å²) in [5.41, 5.74) is 9.44. The molecule has 0 aliphatic heterocycles. The normalized spacial score (nSPS) is 16.3. The lowest BCUT2D eigenvalue weighted by Gasteiger charge is -2.14. The first-order valence-electron chi connectivity index (χ1n) is 6.88. The molecule has 21 heavy (non-hydrogen) atoms. The van der Waals surface area contributed by atoms with Gasteiger partial charge in [0.05, 0.1) is 6.04 Å². The van der Waals surface area contributed by atoms with Crippen LogP contribution in [0.1, 0.15) is 34.1 Å². The Labute approximate surface area is 122 Å². The summed E-state index contributed by atoms with van der Waals surface area (Å²) in [5.74, 6) is 0.424. The monoisotopic (exact) mass is 283 g/mol. The third-order valence-electron chi connectivity index (χ3n) is 3.69. The molecule has 0 spiro atoms. The summed E-state index contributed by atoms with van der Waals surface area (Å²) in [4.78, 5) is 11.4. The molecule has 0 saturated heterocycles. The number of rotatable bonds is 3. The van der Waals surface area contributed by atoms with Crippen molar-refractivity contribution in [2.24, 2.45) is 0 Å². The number of nitrogens with one attached hydrogen (secondary N) is 2. The third-order valence-corrected chi connectivity index (χ3v) is 3.69. The Morgan fingerprint density at radius 3 is 2.86 bits per heavy atom. The number of hydrogen-bond acceptors (Lipinski definition) is 5. The second-order valence-electron chi connectivity index (χ2n) is 5.08. The van der Waals surface area contributed by atoms with Gasteiger partial charge in [-0.1, -0.05) is 6.07 Å². The lowest BCUT2D eigenvalue weighted by Crippen LogP contribution is -2.20. The number of fused-ring (bicyclic) bond motifs is 1. The standard InChI is InChI=1S/C15H17N5O/c1-17-15(21)13-6-7-14(20-19-13)18-12-5-2-9-8-10(16)3-4-11(9)12/h3-4,6-8,12H,2,5,16H2,1H3,(H,17,21)(H,18,20). The first kappa shape index (κ1) is 13.4. The van der Waals surface area contributed by atoms with E-state index in [2.05, 4.69) is 26.9 Å². The lowest BCUT2D eigenvalue weighted by molar-refractivity contribution is 0.0957. The van der Waals surface area contributed by atoms with Gasteiger partial charge in [0.2, 0.25) is 0 Å². The highest BCUT2D eigenvalue weighted by Crippen LogP contribution is 2.34. The molecule has 1 unspecified atom stereocenters. The van der Waals surface area contributed by atoms with Crippen molar-refractivity contribution in [1.82, 2.24) is 15.5 Å². The molecule has 6 nitrogen and oxygen atoms in total. The number of nitrogens with two attached hydrogens (primary N) is 1. The van der Waals surface area contributed by atoms with Gasteiger partial charge in [-0.2, -0.15) is 0 Å². The molecule has 1 amide bonds. The minimum absolute atomic E-state index is 0.209. The highest BCUT2D eigenvalue weighted by atomic mass is 16.1. The number of benzene rings is 1. The average Bonchev–Trinajstić information content (AvgIpc) is 2.89. The molecule has 0 saturated carbocycles. The smallest absolute Gasteiger partial charge is 0.271 e. The van der Waals surface area contributed by atoms with E-state index >= 15 is 0 Å². The maximum Gasteiger partial charge on any atom is 0.271 e. The number of anilines is 2. The van der Waals surface area contributed by atoms with Crippen LogP contribution in [-0.2, 0) is 6.42 Å². The molecular formula is C15H17N5O. The van der Waals surface area contributed by atoms with Crippen molar-refractivity contribution in [3.63, 3.8) is 0 Å². The topological polar surface area (TPSA) is 92.9 Å². The molecular weight excluding hydrogens is 266 g/mol. The minimum atomic E-state index is -0.240. The second kappa shape index (κ2) is 5.40. The number of aryl methyl sites for hydroxylation is 1. The number of hydrogen-bond donors (Lipinski definition) is 3. The number of carbonyl (C=O) groups is 1. The zero-order chi connectivity index (χ0) is 14.8. The highest BCUT2D eigenvalue weighted by molar-refractivity contribution is 5.91. The number of amides is 1. The summed E-state index contributed by atoms with van der Waals surface area (Å²) < 4.78 is 0. The molecule has 0 bridgehead atoms. The SMILES string of the molecule is CNC(=O)c1ccc(NC2CCc3cc(N)ccc32)nn1. The largest absolute Gasteiger partial charge is 0.399 e. The third kappa shape index (κ3) is 2.65. The fourth-order valence-electron chi connectivity index (χ4n) is 2.62. The van der Waals surface area contributed by atoms with E-state index in [-0.39, 0.29) is 11.9 Å². The first-order chi connectivity index (χ1) is 10.2. The molecule has 108 valence electrons. The Hall–Kier alpha value is -2.63. The van der Waals surface area contributed by atoms with E-state index in [1.165, 1.54) is 11.1 Å². The van der Waals surface area contributed by atoms with Gasteiger partial charge in [-0.25, -0.2) is 0 Å². The molecule has 1 aliphatic rings. The summed E-state index contributed by atoms with van der Waals surface area (Å²) in [6.07, 6.45) is 2.00. The number of nitrogens with zero attached hydrogens (tertiary/aromatic N) is 2. The van der Waals surface area contributed by atoms with Gasteiger partial charge >= 0.3 is 0 Å².